The highest BCUT2D eigenvalue weighted by Crippen LogP contribution is 2.28. The van der Waals surface area contributed by atoms with Crippen molar-refractivity contribution in [2.24, 2.45) is 0 Å². The third-order valence-corrected chi connectivity index (χ3v) is 5.86. The Bertz CT molecular complexity index is 863. The SMILES string of the molecule is CCOC(=O)c1ccc(N(CC)S(=O)(=O)c2ccc(C)cc2)cc1Cl. The molecular formula is C18H20ClNO4S. The van der Waals surface area contributed by atoms with E-state index < -0.39 is 16.0 Å². The van der Waals surface area contributed by atoms with Gasteiger partial charge in [-0.1, -0.05) is 29.3 Å². The summed E-state index contributed by atoms with van der Waals surface area (Å²) < 4.78 is 32.0. The molecule has 0 unspecified atom stereocenters. The number of rotatable bonds is 6. The third-order valence-electron chi connectivity index (χ3n) is 3.63. The van der Waals surface area contributed by atoms with E-state index in [2.05, 4.69) is 0 Å². The standard InChI is InChI=1S/C18H20ClNO4S/c1-4-20(25(22,23)15-9-6-13(3)7-10-15)14-8-11-16(17(19)12-14)18(21)24-5-2/h6-12H,4-5H2,1-3H3. The van der Waals surface area contributed by atoms with Crippen LogP contribution in [0.1, 0.15) is 29.8 Å². The van der Waals surface area contributed by atoms with Gasteiger partial charge in [0.05, 0.1) is 27.8 Å². The molecule has 0 aromatic heterocycles. The molecule has 0 heterocycles. The summed E-state index contributed by atoms with van der Waals surface area (Å²) in [6, 6.07) is 11.1. The molecule has 2 aromatic carbocycles. The molecule has 0 bridgehead atoms. The fourth-order valence-corrected chi connectivity index (χ4v) is 4.08. The maximum absolute atomic E-state index is 12.9. The molecule has 0 spiro atoms. The second kappa shape index (κ2) is 7.89. The van der Waals surface area contributed by atoms with Gasteiger partial charge in [-0.3, -0.25) is 4.31 Å². The number of anilines is 1. The summed E-state index contributed by atoms with van der Waals surface area (Å²) in [5, 5.41) is 0.147. The Hall–Kier alpha value is -2.05. The van der Waals surface area contributed by atoms with Gasteiger partial charge in [0.2, 0.25) is 0 Å². The molecule has 25 heavy (non-hydrogen) atoms. The zero-order chi connectivity index (χ0) is 18.6. The van der Waals surface area contributed by atoms with E-state index in [4.69, 9.17) is 16.3 Å². The zero-order valence-corrected chi connectivity index (χ0v) is 15.9. The summed E-state index contributed by atoms with van der Waals surface area (Å²) in [6.07, 6.45) is 0. The molecule has 134 valence electrons. The normalized spacial score (nSPS) is 11.2. The minimum Gasteiger partial charge on any atom is -0.462 e. The Kier molecular flexibility index (Phi) is 6.08. The Labute approximate surface area is 153 Å². The van der Waals surface area contributed by atoms with E-state index in [-0.39, 0.29) is 28.6 Å². The number of esters is 1. The van der Waals surface area contributed by atoms with Crippen molar-refractivity contribution in [3.05, 3.63) is 58.6 Å². The number of nitrogens with zero attached hydrogens (tertiary/aromatic N) is 1. The average molecular weight is 382 g/mol. The lowest BCUT2D eigenvalue weighted by molar-refractivity contribution is 0.0526. The zero-order valence-electron chi connectivity index (χ0n) is 14.3. The van der Waals surface area contributed by atoms with Gasteiger partial charge >= 0.3 is 5.97 Å². The lowest BCUT2D eigenvalue weighted by atomic mass is 10.2. The molecule has 0 saturated carbocycles. The van der Waals surface area contributed by atoms with Gasteiger partial charge in [-0.2, -0.15) is 0 Å². The third kappa shape index (κ3) is 4.14. The first kappa shape index (κ1) is 19.3. The van der Waals surface area contributed by atoms with Gasteiger partial charge in [-0.05, 0) is 51.1 Å². The van der Waals surface area contributed by atoms with Crippen molar-refractivity contribution in [1.29, 1.82) is 0 Å². The molecule has 2 aromatic rings. The van der Waals surface area contributed by atoms with Crippen LogP contribution in [0.15, 0.2) is 47.4 Å². The molecule has 5 nitrogen and oxygen atoms in total. The molecule has 0 fully saturated rings. The molecule has 0 amide bonds. The van der Waals surface area contributed by atoms with Gasteiger partial charge < -0.3 is 4.74 Å². The van der Waals surface area contributed by atoms with Crippen molar-refractivity contribution in [3.63, 3.8) is 0 Å². The van der Waals surface area contributed by atoms with Crippen LogP contribution in [0, 0.1) is 6.92 Å². The summed E-state index contributed by atoms with van der Waals surface area (Å²) in [7, 11) is -3.72. The molecule has 0 aliphatic rings. The van der Waals surface area contributed by atoms with Crippen molar-refractivity contribution >= 4 is 33.3 Å². The highest BCUT2D eigenvalue weighted by Gasteiger charge is 2.24. The summed E-state index contributed by atoms with van der Waals surface area (Å²) in [6.45, 7) is 5.79. The van der Waals surface area contributed by atoms with Gasteiger partial charge in [0.1, 0.15) is 0 Å². The molecule has 0 N–H and O–H groups in total. The Morgan fingerprint density at radius 1 is 1.12 bits per heavy atom. The van der Waals surface area contributed by atoms with Crippen molar-refractivity contribution in [2.45, 2.75) is 25.7 Å². The number of ether oxygens (including phenoxy) is 1. The summed E-state index contributed by atoms with van der Waals surface area (Å²) in [5.74, 6) is -0.538. The van der Waals surface area contributed by atoms with Crippen LogP contribution < -0.4 is 4.31 Å². The molecule has 0 aliphatic carbocycles. The maximum Gasteiger partial charge on any atom is 0.339 e. The first-order chi connectivity index (χ1) is 11.8. The minimum atomic E-state index is -3.72. The molecular weight excluding hydrogens is 362 g/mol. The van der Waals surface area contributed by atoms with Crippen LogP contribution in [0.25, 0.3) is 0 Å². The molecule has 2 rings (SSSR count). The molecule has 0 radical (unpaired) electrons. The van der Waals surface area contributed by atoms with Gasteiger partial charge in [0.15, 0.2) is 0 Å². The highest BCUT2D eigenvalue weighted by molar-refractivity contribution is 7.92. The summed E-state index contributed by atoms with van der Waals surface area (Å²) >= 11 is 6.16. The Morgan fingerprint density at radius 3 is 2.28 bits per heavy atom. The minimum absolute atomic E-state index is 0.147. The lowest BCUT2D eigenvalue weighted by Crippen LogP contribution is -2.30. The van der Waals surface area contributed by atoms with Crippen LogP contribution in [0.3, 0.4) is 0 Å². The average Bonchev–Trinajstić information content (AvgIpc) is 2.56. The molecule has 0 aliphatic heterocycles. The number of halogens is 1. The van der Waals surface area contributed by atoms with Crippen LogP contribution in [0.5, 0.6) is 0 Å². The van der Waals surface area contributed by atoms with Gasteiger partial charge in [-0.25, -0.2) is 13.2 Å². The second-order valence-electron chi connectivity index (χ2n) is 5.37. The van der Waals surface area contributed by atoms with Crippen molar-refractivity contribution < 1.29 is 17.9 Å². The first-order valence-corrected chi connectivity index (χ1v) is 9.69. The molecule has 7 heteroatoms. The van der Waals surface area contributed by atoms with E-state index in [0.717, 1.165) is 5.56 Å². The van der Waals surface area contributed by atoms with E-state index >= 15 is 0 Å². The molecule has 0 saturated heterocycles. The van der Waals surface area contributed by atoms with Crippen LogP contribution in [0.4, 0.5) is 5.69 Å². The Balaban J connectivity index is 2.42. The number of hydrogen-bond acceptors (Lipinski definition) is 4. The second-order valence-corrected chi connectivity index (χ2v) is 7.64. The maximum atomic E-state index is 12.9. The van der Waals surface area contributed by atoms with Crippen LogP contribution in [0.2, 0.25) is 5.02 Å². The quantitative estimate of drug-likeness (QED) is 0.708. The summed E-state index contributed by atoms with van der Waals surface area (Å²) in [4.78, 5) is 12.0. The van der Waals surface area contributed by atoms with E-state index in [9.17, 15) is 13.2 Å². The van der Waals surface area contributed by atoms with Gasteiger partial charge in [-0.15, -0.1) is 0 Å². The first-order valence-electron chi connectivity index (χ1n) is 7.87. The van der Waals surface area contributed by atoms with Gasteiger partial charge in [0, 0.05) is 6.54 Å². The lowest BCUT2D eigenvalue weighted by Gasteiger charge is -2.23. The number of hydrogen-bond donors (Lipinski definition) is 0. The number of aryl methyl sites for hydroxylation is 1. The fourth-order valence-electron chi connectivity index (χ4n) is 2.36. The number of carbonyl (C=O) groups excluding carboxylic acids is 1. The number of benzene rings is 2. The van der Waals surface area contributed by atoms with E-state index in [1.165, 1.54) is 16.4 Å². The van der Waals surface area contributed by atoms with E-state index in [0.29, 0.717) is 5.69 Å². The highest BCUT2D eigenvalue weighted by atomic mass is 35.5. The number of sulfonamides is 1. The smallest absolute Gasteiger partial charge is 0.339 e. The fraction of sp³-hybridized carbons (Fsp3) is 0.278. The monoisotopic (exact) mass is 381 g/mol. The largest absolute Gasteiger partial charge is 0.462 e. The van der Waals surface area contributed by atoms with Gasteiger partial charge in [0.25, 0.3) is 10.0 Å². The van der Waals surface area contributed by atoms with Crippen LogP contribution in [-0.4, -0.2) is 27.5 Å². The summed E-state index contributed by atoms with van der Waals surface area (Å²) in [5.41, 5.74) is 1.57. The predicted molar refractivity (Wildman–Crippen MR) is 98.8 cm³/mol. The van der Waals surface area contributed by atoms with Crippen molar-refractivity contribution in [2.75, 3.05) is 17.5 Å². The van der Waals surface area contributed by atoms with E-state index in [1.807, 2.05) is 6.92 Å². The topological polar surface area (TPSA) is 63.7 Å². The van der Waals surface area contributed by atoms with E-state index in [1.54, 1.807) is 44.2 Å². The molecule has 0 atom stereocenters. The van der Waals surface area contributed by atoms with Crippen molar-refractivity contribution in [1.82, 2.24) is 0 Å². The van der Waals surface area contributed by atoms with Crippen molar-refractivity contribution in [3.8, 4) is 0 Å². The van der Waals surface area contributed by atoms with Crippen LogP contribution in [-0.2, 0) is 14.8 Å². The van der Waals surface area contributed by atoms with Crippen LogP contribution >= 0.6 is 11.6 Å². The predicted octanol–water partition coefficient (Wildman–Crippen LogP) is 4.04. The number of carbonyl (C=O) groups is 1. The Morgan fingerprint density at radius 2 is 1.76 bits per heavy atom.